The van der Waals surface area contributed by atoms with E-state index in [1.54, 1.807) is 32.5 Å². The van der Waals surface area contributed by atoms with Gasteiger partial charge in [0.2, 0.25) is 5.88 Å². The molecule has 23 heavy (non-hydrogen) atoms. The van der Waals surface area contributed by atoms with Crippen LogP contribution >= 0.6 is 0 Å². The fraction of sp³-hybridized carbons (Fsp3) is 0.647. The van der Waals surface area contributed by atoms with Gasteiger partial charge in [-0.05, 0) is 24.3 Å². The number of amides is 1. The van der Waals surface area contributed by atoms with Gasteiger partial charge >= 0.3 is 0 Å². The van der Waals surface area contributed by atoms with Crippen LogP contribution in [-0.2, 0) is 9.47 Å². The summed E-state index contributed by atoms with van der Waals surface area (Å²) in [6.07, 6.45) is 3.49. The third-order valence-electron chi connectivity index (χ3n) is 4.32. The summed E-state index contributed by atoms with van der Waals surface area (Å²) < 4.78 is 15.7. The summed E-state index contributed by atoms with van der Waals surface area (Å²) in [5, 5.41) is 0. The molecule has 0 bridgehead atoms. The predicted octanol–water partition coefficient (Wildman–Crippen LogP) is 2.00. The van der Waals surface area contributed by atoms with Gasteiger partial charge in [-0.15, -0.1) is 0 Å². The topological polar surface area (TPSA) is 60.9 Å². The monoisotopic (exact) mass is 322 g/mol. The number of methoxy groups -OCH3 is 2. The number of pyridine rings is 1. The van der Waals surface area contributed by atoms with Gasteiger partial charge in [0, 0.05) is 45.7 Å². The molecule has 0 radical (unpaired) electrons. The van der Waals surface area contributed by atoms with Crippen molar-refractivity contribution in [2.75, 3.05) is 47.1 Å². The first-order chi connectivity index (χ1) is 11.1. The van der Waals surface area contributed by atoms with Gasteiger partial charge in [0.05, 0.1) is 19.3 Å². The summed E-state index contributed by atoms with van der Waals surface area (Å²) in [5.41, 5.74) is 0.652. The lowest BCUT2D eigenvalue weighted by Crippen LogP contribution is -2.44. The van der Waals surface area contributed by atoms with Crippen molar-refractivity contribution >= 4 is 5.91 Å². The van der Waals surface area contributed by atoms with E-state index in [9.17, 15) is 4.79 Å². The molecule has 1 aliphatic rings. The first-order valence-corrected chi connectivity index (χ1v) is 7.94. The molecule has 6 nitrogen and oxygen atoms in total. The maximum Gasteiger partial charge on any atom is 0.255 e. The molecule has 1 aromatic rings. The third kappa shape index (κ3) is 4.91. The van der Waals surface area contributed by atoms with Crippen LogP contribution in [0, 0.1) is 5.41 Å². The SMILES string of the molecule is COCCN(CC1(C)CCOCC1)C(=O)c1ccc(OC)nc1. The molecular weight excluding hydrogens is 296 g/mol. The summed E-state index contributed by atoms with van der Waals surface area (Å²) in [4.78, 5) is 18.8. The van der Waals surface area contributed by atoms with Crippen molar-refractivity contribution in [1.29, 1.82) is 0 Å². The molecule has 1 fully saturated rings. The molecule has 6 heteroatoms. The van der Waals surface area contributed by atoms with Gasteiger partial charge in [0.15, 0.2) is 0 Å². The van der Waals surface area contributed by atoms with Gasteiger partial charge in [0.25, 0.3) is 5.91 Å². The maximum atomic E-state index is 12.8. The van der Waals surface area contributed by atoms with Crippen LogP contribution in [0.15, 0.2) is 18.3 Å². The van der Waals surface area contributed by atoms with Gasteiger partial charge in [-0.1, -0.05) is 6.92 Å². The summed E-state index contributed by atoms with van der Waals surface area (Å²) in [7, 11) is 3.20. The molecule has 0 unspecified atom stereocenters. The van der Waals surface area contributed by atoms with Gasteiger partial charge in [-0.2, -0.15) is 0 Å². The van der Waals surface area contributed by atoms with Gasteiger partial charge in [-0.25, -0.2) is 4.98 Å². The van der Waals surface area contributed by atoms with Crippen molar-refractivity contribution in [2.45, 2.75) is 19.8 Å². The van der Waals surface area contributed by atoms with Crippen LogP contribution in [0.4, 0.5) is 0 Å². The third-order valence-corrected chi connectivity index (χ3v) is 4.32. The molecule has 1 aliphatic heterocycles. The molecule has 0 aromatic carbocycles. The highest BCUT2D eigenvalue weighted by Gasteiger charge is 2.31. The summed E-state index contributed by atoms with van der Waals surface area (Å²) in [6, 6.07) is 3.46. The molecule has 0 aliphatic carbocycles. The second-order valence-corrected chi connectivity index (χ2v) is 6.23. The number of aromatic nitrogens is 1. The van der Waals surface area contributed by atoms with Crippen molar-refractivity contribution < 1.29 is 19.0 Å². The number of nitrogens with zero attached hydrogens (tertiary/aromatic N) is 2. The second kappa shape index (κ2) is 8.26. The molecule has 2 rings (SSSR count). The zero-order valence-corrected chi connectivity index (χ0v) is 14.2. The highest BCUT2D eigenvalue weighted by Crippen LogP contribution is 2.31. The molecule has 0 N–H and O–H groups in total. The Labute approximate surface area is 137 Å². The minimum Gasteiger partial charge on any atom is -0.481 e. The average molecular weight is 322 g/mol. The van der Waals surface area contributed by atoms with Crippen LogP contribution in [0.25, 0.3) is 0 Å². The number of carbonyl (C=O) groups excluding carboxylic acids is 1. The van der Waals surface area contributed by atoms with Crippen LogP contribution in [0.5, 0.6) is 5.88 Å². The zero-order chi connectivity index (χ0) is 16.7. The van der Waals surface area contributed by atoms with E-state index in [1.165, 1.54) is 0 Å². The first kappa shape index (κ1) is 17.7. The molecule has 1 aromatic heterocycles. The Morgan fingerprint density at radius 1 is 1.35 bits per heavy atom. The Kier molecular flexibility index (Phi) is 6.36. The molecule has 0 saturated carbocycles. The van der Waals surface area contributed by atoms with E-state index >= 15 is 0 Å². The highest BCUT2D eigenvalue weighted by molar-refractivity contribution is 5.94. The van der Waals surface area contributed by atoms with Gasteiger partial charge in [-0.3, -0.25) is 4.79 Å². The van der Waals surface area contributed by atoms with E-state index in [1.807, 2.05) is 4.90 Å². The van der Waals surface area contributed by atoms with Crippen LogP contribution in [0.1, 0.15) is 30.1 Å². The Hall–Kier alpha value is -1.66. The summed E-state index contributed by atoms with van der Waals surface area (Å²) in [5.74, 6) is 0.478. The fourth-order valence-electron chi connectivity index (χ4n) is 2.75. The van der Waals surface area contributed by atoms with Crippen LogP contribution in [0.2, 0.25) is 0 Å². The van der Waals surface area contributed by atoms with Gasteiger partial charge in [0.1, 0.15) is 0 Å². The number of ether oxygens (including phenoxy) is 3. The second-order valence-electron chi connectivity index (χ2n) is 6.23. The number of carbonyl (C=O) groups is 1. The van der Waals surface area contributed by atoms with Crippen molar-refractivity contribution in [1.82, 2.24) is 9.88 Å². The lowest BCUT2D eigenvalue weighted by atomic mass is 9.82. The van der Waals surface area contributed by atoms with Crippen LogP contribution in [-0.4, -0.2) is 62.9 Å². The van der Waals surface area contributed by atoms with Crippen molar-refractivity contribution in [2.24, 2.45) is 5.41 Å². The van der Waals surface area contributed by atoms with E-state index in [2.05, 4.69) is 11.9 Å². The van der Waals surface area contributed by atoms with Crippen molar-refractivity contribution in [3.05, 3.63) is 23.9 Å². The summed E-state index contributed by atoms with van der Waals surface area (Å²) in [6.45, 7) is 5.51. The molecular formula is C17H26N2O4. The van der Waals surface area contributed by atoms with Crippen LogP contribution < -0.4 is 4.74 Å². The first-order valence-electron chi connectivity index (χ1n) is 7.94. The smallest absolute Gasteiger partial charge is 0.255 e. The van der Waals surface area contributed by atoms with Gasteiger partial charge < -0.3 is 19.1 Å². The lowest BCUT2D eigenvalue weighted by Gasteiger charge is -2.38. The van der Waals surface area contributed by atoms with Crippen molar-refractivity contribution in [3.63, 3.8) is 0 Å². The van der Waals surface area contributed by atoms with E-state index in [4.69, 9.17) is 14.2 Å². The largest absolute Gasteiger partial charge is 0.481 e. The molecule has 128 valence electrons. The maximum absolute atomic E-state index is 12.8. The average Bonchev–Trinajstić information content (AvgIpc) is 2.58. The lowest BCUT2D eigenvalue weighted by molar-refractivity contribution is 0.00273. The van der Waals surface area contributed by atoms with E-state index in [-0.39, 0.29) is 11.3 Å². The number of rotatable bonds is 7. The number of hydrogen-bond acceptors (Lipinski definition) is 5. The van der Waals surface area contributed by atoms with E-state index < -0.39 is 0 Å². The zero-order valence-electron chi connectivity index (χ0n) is 14.2. The molecule has 2 heterocycles. The highest BCUT2D eigenvalue weighted by atomic mass is 16.5. The van der Waals surface area contributed by atoms with Crippen LogP contribution in [0.3, 0.4) is 0 Å². The molecule has 0 atom stereocenters. The normalized spacial score (nSPS) is 16.8. The molecule has 1 saturated heterocycles. The standard InChI is InChI=1S/C17H26N2O4/c1-17(6-9-23-10-7-17)13-19(8-11-21-2)16(20)14-4-5-15(22-3)18-12-14/h4-5,12H,6-11,13H2,1-3H3. The van der Waals surface area contributed by atoms with Crippen molar-refractivity contribution in [3.8, 4) is 5.88 Å². The Balaban J connectivity index is 2.10. The van der Waals surface area contributed by atoms with E-state index in [0.29, 0.717) is 31.1 Å². The Bertz CT molecular complexity index is 498. The fourth-order valence-corrected chi connectivity index (χ4v) is 2.75. The minimum absolute atomic E-state index is 0.0232. The quantitative estimate of drug-likeness (QED) is 0.768. The minimum atomic E-state index is -0.0232. The summed E-state index contributed by atoms with van der Waals surface area (Å²) >= 11 is 0. The Morgan fingerprint density at radius 2 is 2.09 bits per heavy atom. The molecule has 1 amide bonds. The predicted molar refractivity (Wildman–Crippen MR) is 86.7 cm³/mol. The number of hydrogen-bond donors (Lipinski definition) is 0. The molecule has 0 spiro atoms. The van der Waals surface area contributed by atoms with E-state index in [0.717, 1.165) is 26.1 Å². The Morgan fingerprint density at radius 3 is 2.65 bits per heavy atom.